The number of amides is 1. The van der Waals surface area contributed by atoms with Gasteiger partial charge in [0.25, 0.3) is 5.91 Å². The Balaban J connectivity index is 1.88. The SMILES string of the molecule is Cc1cc(C(=O)NC2(CN)CCCC2)c(C)n1C(C)c1ccccc1. The highest BCUT2D eigenvalue weighted by Crippen LogP contribution is 2.30. The Bertz CT molecular complexity index is 742. The van der Waals surface area contributed by atoms with Gasteiger partial charge in [-0.3, -0.25) is 4.79 Å². The van der Waals surface area contributed by atoms with Gasteiger partial charge in [-0.2, -0.15) is 0 Å². The Labute approximate surface area is 150 Å². The van der Waals surface area contributed by atoms with E-state index in [4.69, 9.17) is 5.73 Å². The highest BCUT2D eigenvalue weighted by Gasteiger charge is 2.34. The van der Waals surface area contributed by atoms with Crippen LogP contribution in [0.3, 0.4) is 0 Å². The molecule has 0 spiro atoms. The van der Waals surface area contributed by atoms with Crippen LogP contribution in [0.1, 0.15) is 66.0 Å². The molecule has 25 heavy (non-hydrogen) atoms. The average Bonchev–Trinajstić information content (AvgIpc) is 3.20. The molecule has 0 aliphatic heterocycles. The summed E-state index contributed by atoms with van der Waals surface area (Å²) in [5.74, 6) is 0.00645. The predicted octanol–water partition coefficient (Wildman–Crippen LogP) is 3.72. The second-order valence-electron chi connectivity index (χ2n) is 7.39. The molecule has 1 aliphatic rings. The standard InChI is InChI=1S/C21H29N3O/c1-15-13-19(20(25)23-21(14-22)11-7-8-12-21)17(3)24(15)16(2)18-9-5-4-6-10-18/h4-6,9-10,13,16H,7-8,11-12,14,22H2,1-3H3,(H,23,25). The molecule has 0 bridgehead atoms. The number of benzene rings is 1. The fourth-order valence-corrected chi connectivity index (χ4v) is 4.22. The lowest BCUT2D eigenvalue weighted by Crippen LogP contribution is -2.51. The molecule has 0 saturated heterocycles. The third-order valence-corrected chi connectivity index (χ3v) is 5.73. The van der Waals surface area contributed by atoms with Crippen molar-refractivity contribution in [3.63, 3.8) is 0 Å². The van der Waals surface area contributed by atoms with Crippen LogP contribution in [-0.4, -0.2) is 22.6 Å². The summed E-state index contributed by atoms with van der Waals surface area (Å²) >= 11 is 0. The number of carbonyl (C=O) groups is 1. The van der Waals surface area contributed by atoms with Crippen molar-refractivity contribution in [3.8, 4) is 0 Å². The van der Waals surface area contributed by atoms with Gasteiger partial charge in [0.05, 0.1) is 17.1 Å². The lowest BCUT2D eigenvalue weighted by molar-refractivity contribution is 0.0902. The Kier molecular flexibility index (Phi) is 5.00. The quantitative estimate of drug-likeness (QED) is 0.872. The molecule has 1 fully saturated rings. The average molecular weight is 339 g/mol. The van der Waals surface area contributed by atoms with E-state index in [1.807, 2.05) is 19.1 Å². The van der Waals surface area contributed by atoms with Gasteiger partial charge in [0, 0.05) is 17.9 Å². The van der Waals surface area contributed by atoms with E-state index < -0.39 is 0 Å². The molecule has 3 rings (SSSR count). The van der Waals surface area contributed by atoms with E-state index in [0.717, 1.165) is 42.6 Å². The zero-order valence-corrected chi connectivity index (χ0v) is 15.5. The summed E-state index contributed by atoms with van der Waals surface area (Å²) in [6.07, 6.45) is 4.24. The Morgan fingerprint density at radius 2 is 1.88 bits per heavy atom. The third kappa shape index (κ3) is 3.36. The van der Waals surface area contributed by atoms with Crippen molar-refractivity contribution in [1.82, 2.24) is 9.88 Å². The van der Waals surface area contributed by atoms with Crippen LogP contribution < -0.4 is 11.1 Å². The number of nitrogens with two attached hydrogens (primary N) is 1. The molecule has 1 heterocycles. The van der Waals surface area contributed by atoms with Crippen molar-refractivity contribution >= 4 is 5.91 Å². The maximum Gasteiger partial charge on any atom is 0.253 e. The summed E-state index contributed by atoms with van der Waals surface area (Å²) < 4.78 is 2.24. The number of carbonyl (C=O) groups excluding carboxylic acids is 1. The second-order valence-corrected chi connectivity index (χ2v) is 7.39. The number of aryl methyl sites for hydroxylation is 1. The van der Waals surface area contributed by atoms with Crippen molar-refractivity contribution in [2.75, 3.05) is 6.54 Å². The minimum absolute atomic E-state index is 0.00645. The van der Waals surface area contributed by atoms with Gasteiger partial charge in [-0.1, -0.05) is 43.2 Å². The maximum atomic E-state index is 12.9. The molecule has 2 aromatic rings. The number of hydrogen-bond donors (Lipinski definition) is 2. The minimum atomic E-state index is -0.218. The van der Waals surface area contributed by atoms with Crippen molar-refractivity contribution in [2.45, 2.75) is 58.0 Å². The van der Waals surface area contributed by atoms with E-state index in [2.05, 4.69) is 48.0 Å². The summed E-state index contributed by atoms with van der Waals surface area (Å²) in [5, 5.41) is 3.24. The van der Waals surface area contributed by atoms with E-state index in [9.17, 15) is 4.79 Å². The number of hydrogen-bond acceptors (Lipinski definition) is 2. The number of nitrogens with one attached hydrogen (secondary N) is 1. The summed E-state index contributed by atoms with van der Waals surface area (Å²) in [5.41, 5.74) is 9.87. The monoisotopic (exact) mass is 339 g/mol. The molecule has 1 aromatic carbocycles. The van der Waals surface area contributed by atoms with E-state index in [1.165, 1.54) is 5.56 Å². The van der Waals surface area contributed by atoms with Gasteiger partial charge in [0.1, 0.15) is 0 Å². The van der Waals surface area contributed by atoms with Crippen molar-refractivity contribution < 1.29 is 4.79 Å². The van der Waals surface area contributed by atoms with Crippen LogP contribution >= 0.6 is 0 Å². The van der Waals surface area contributed by atoms with Crippen LogP contribution in [0.25, 0.3) is 0 Å². The molecule has 1 aliphatic carbocycles. The minimum Gasteiger partial charge on any atom is -0.345 e. The van der Waals surface area contributed by atoms with E-state index >= 15 is 0 Å². The first-order valence-corrected chi connectivity index (χ1v) is 9.23. The highest BCUT2D eigenvalue weighted by molar-refractivity contribution is 5.96. The first kappa shape index (κ1) is 17.7. The van der Waals surface area contributed by atoms with Crippen LogP contribution in [0, 0.1) is 13.8 Å². The normalized spacial score (nSPS) is 17.4. The van der Waals surface area contributed by atoms with Gasteiger partial charge < -0.3 is 15.6 Å². The maximum absolute atomic E-state index is 12.9. The van der Waals surface area contributed by atoms with Crippen molar-refractivity contribution in [3.05, 3.63) is 58.9 Å². The summed E-state index contributed by atoms with van der Waals surface area (Å²) in [6, 6.07) is 12.6. The Morgan fingerprint density at radius 3 is 2.48 bits per heavy atom. The topological polar surface area (TPSA) is 60.1 Å². The fraction of sp³-hybridized carbons (Fsp3) is 0.476. The van der Waals surface area contributed by atoms with Gasteiger partial charge in [-0.25, -0.2) is 0 Å². The smallest absolute Gasteiger partial charge is 0.253 e. The molecule has 1 saturated carbocycles. The van der Waals surface area contributed by atoms with Crippen LogP contribution in [0.4, 0.5) is 0 Å². The molecule has 1 amide bonds. The fourth-order valence-electron chi connectivity index (χ4n) is 4.22. The molecule has 4 nitrogen and oxygen atoms in total. The van der Waals surface area contributed by atoms with Crippen LogP contribution in [0.5, 0.6) is 0 Å². The third-order valence-electron chi connectivity index (χ3n) is 5.73. The lowest BCUT2D eigenvalue weighted by atomic mass is 9.97. The largest absolute Gasteiger partial charge is 0.345 e. The Morgan fingerprint density at radius 1 is 1.24 bits per heavy atom. The first-order chi connectivity index (χ1) is 12.0. The molecule has 0 radical (unpaired) electrons. The van der Waals surface area contributed by atoms with E-state index in [-0.39, 0.29) is 17.5 Å². The summed E-state index contributed by atoms with van der Waals surface area (Å²) in [7, 11) is 0. The summed E-state index contributed by atoms with van der Waals surface area (Å²) in [6.45, 7) is 6.79. The zero-order valence-electron chi connectivity index (χ0n) is 15.5. The van der Waals surface area contributed by atoms with Gasteiger partial charge in [-0.05, 0) is 45.2 Å². The van der Waals surface area contributed by atoms with E-state index in [1.54, 1.807) is 0 Å². The van der Waals surface area contributed by atoms with Crippen LogP contribution in [-0.2, 0) is 0 Å². The van der Waals surface area contributed by atoms with Crippen molar-refractivity contribution in [2.24, 2.45) is 5.73 Å². The number of aromatic nitrogens is 1. The molecule has 4 heteroatoms. The van der Waals surface area contributed by atoms with Gasteiger partial charge in [0.2, 0.25) is 0 Å². The molecule has 3 N–H and O–H groups in total. The second kappa shape index (κ2) is 7.04. The van der Waals surface area contributed by atoms with Gasteiger partial charge >= 0.3 is 0 Å². The summed E-state index contributed by atoms with van der Waals surface area (Å²) in [4.78, 5) is 12.9. The van der Waals surface area contributed by atoms with Gasteiger partial charge in [-0.15, -0.1) is 0 Å². The lowest BCUT2D eigenvalue weighted by Gasteiger charge is -2.28. The predicted molar refractivity (Wildman–Crippen MR) is 102 cm³/mol. The zero-order chi connectivity index (χ0) is 18.0. The molecular formula is C21H29N3O. The van der Waals surface area contributed by atoms with Crippen LogP contribution in [0.2, 0.25) is 0 Å². The molecule has 1 aromatic heterocycles. The highest BCUT2D eigenvalue weighted by atomic mass is 16.1. The number of rotatable bonds is 5. The molecule has 1 atom stereocenters. The molecule has 134 valence electrons. The van der Waals surface area contributed by atoms with Gasteiger partial charge in [0.15, 0.2) is 0 Å². The molecule has 1 unspecified atom stereocenters. The van der Waals surface area contributed by atoms with Crippen LogP contribution in [0.15, 0.2) is 36.4 Å². The molecular weight excluding hydrogens is 310 g/mol. The first-order valence-electron chi connectivity index (χ1n) is 9.23. The number of nitrogens with zero attached hydrogens (tertiary/aromatic N) is 1. The van der Waals surface area contributed by atoms with E-state index in [0.29, 0.717) is 6.54 Å². The Hall–Kier alpha value is -2.07. The van der Waals surface area contributed by atoms with Crippen molar-refractivity contribution in [1.29, 1.82) is 0 Å².